The Hall–Kier alpha value is -3.92. The van der Waals surface area contributed by atoms with Crippen LogP contribution >= 0.6 is 0 Å². The van der Waals surface area contributed by atoms with Crippen molar-refractivity contribution in [1.29, 1.82) is 0 Å². The van der Waals surface area contributed by atoms with Crippen LogP contribution in [0.5, 0.6) is 11.5 Å². The van der Waals surface area contributed by atoms with Gasteiger partial charge >= 0.3 is 15.8 Å². The number of alkyl halides is 1. The molecule has 10 heteroatoms. The fourth-order valence-corrected chi connectivity index (χ4v) is 4.42. The summed E-state index contributed by atoms with van der Waals surface area (Å²) in [6.07, 6.45) is 1.42. The lowest BCUT2D eigenvalue weighted by molar-refractivity contribution is 0.399. The number of nitrogens with one attached hydrogen (secondary N) is 1. The molecule has 8 nitrogen and oxygen atoms in total. The highest BCUT2D eigenvalue weighted by Crippen LogP contribution is 2.41. The molecule has 1 N–H and O–H groups in total. The monoisotopic (exact) mass is 512 g/mol. The van der Waals surface area contributed by atoms with Crippen molar-refractivity contribution in [2.24, 2.45) is 0 Å². The zero-order valence-electron chi connectivity index (χ0n) is 20.2. The molecule has 1 aromatic heterocycles. The maximum absolute atomic E-state index is 12.6. The van der Waals surface area contributed by atoms with E-state index in [9.17, 15) is 22.4 Å². The number of halogens is 1. The summed E-state index contributed by atoms with van der Waals surface area (Å²) in [5.41, 5.74) is 1.53. The summed E-state index contributed by atoms with van der Waals surface area (Å²) in [6, 6.07) is 13.5. The Kier molecular flexibility index (Phi) is 6.48. The maximum atomic E-state index is 12.6. The van der Waals surface area contributed by atoms with Gasteiger partial charge in [-0.2, -0.15) is 8.42 Å². The Balaban J connectivity index is 1.92. The zero-order valence-corrected chi connectivity index (χ0v) is 21.0. The van der Waals surface area contributed by atoms with Crippen LogP contribution < -0.4 is 20.2 Å². The van der Waals surface area contributed by atoms with Crippen LogP contribution in [0, 0.1) is 0 Å². The number of fused-ring (bicyclic) bond motifs is 1. The van der Waals surface area contributed by atoms with Gasteiger partial charge in [-0.1, -0.05) is 39.0 Å². The van der Waals surface area contributed by atoms with E-state index in [1.807, 2.05) is 39.0 Å². The maximum Gasteiger partial charge on any atom is 0.339 e. The van der Waals surface area contributed by atoms with Gasteiger partial charge in [0.2, 0.25) is 6.01 Å². The number of rotatable bonds is 6. The van der Waals surface area contributed by atoms with Crippen LogP contribution in [0.4, 0.5) is 4.39 Å². The summed E-state index contributed by atoms with van der Waals surface area (Å²) in [6.45, 7) is 6.09. The van der Waals surface area contributed by atoms with Crippen molar-refractivity contribution >= 4 is 20.9 Å². The van der Waals surface area contributed by atoms with Crippen LogP contribution in [-0.4, -0.2) is 31.1 Å². The Morgan fingerprint density at radius 2 is 1.67 bits per heavy atom. The smallest absolute Gasteiger partial charge is 0.339 e. The molecule has 0 aliphatic rings. The minimum atomic E-state index is -4.29. The van der Waals surface area contributed by atoms with E-state index in [1.54, 1.807) is 25.3 Å². The van der Waals surface area contributed by atoms with Crippen molar-refractivity contribution in [3.8, 4) is 28.3 Å². The summed E-state index contributed by atoms with van der Waals surface area (Å²) < 4.78 is 47.5. The molecule has 1 heterocycles. The van der Waals surface area contributed by atoms with Crippen molar-refractivity contribution in [3.05, 3.63) is 87.2 Å². The van der Waals surface area contributed by atoms with E-state index in [0.29, 0.717) is 16.8 Å². The number of methoxy groups -OCH3 is 1. The molecule has 0 aliphatic heterocycles. The highest BCUT2D eigenvalue weighted by molar-refractivity contribution is 7.86. The second-order valence-corrected chi connectivity index (χ2v) is 10.8. The van der Waals surface area contributed by atoms with E-state index in [2.05, 4.69) is 4.98 Å². The van der Waals surface area contributed by atoms with E-state index in [4.69, 9.17) is 8.92 Å². The number of nitrogens with zero attached hydrogens (tertiary/aromatic N) is 1. The van der Waals surface area contributed by atoms with Crippen LogP contribution in [0.1, 0.15) is 26.3 Å². The van der Waals surface area contributed by atoms with Gasteiger partial charge in [0, 0.05) is 23.4 Å². The molecule has 0 unspecified atom stereocenters. The predicted molar refractivity (Wildman–Crippen MR) is 136 cm³/mol. The normalized spacial score (nSPS) is 12.0. The molecule has 0 amide bonds. The summed E-state index contributed by atoms with van der Waals surface area (Å²) in [5, 5.41) is 1.47. The zero-order chi connectivity index (χ0) is 26.3. The Labute approximate surface area is 207 Å². The predicted octanol–water partition coefficient (Wildman–Crippen LogP) is 4.29. The molecule has 0 saturated carbocycles. The lowest BCUT2D eigenvalue weighted by Gasteiger charge is -2.25. The third-order valence-corrected chi connectivity index (χ3v) is 6.38. The second-order valence-electron chi connectivity index (χ2n) is 9.28. The highest BCUT2D eigenvalue weighted by atomic mass is 32.2. The van der Waals surface area contributed by atoms with Crippen molar-refractivity contribution in [2.45, 2.75) is 26.2 Å². The molecular weight excluding hydrogens is 487 g/mol. The van der Waals surface area contributed by atoms with Crippen LogP contribution in [-0.2, 0) is 15.5 Å². The molecule has 3 aromatic carbocycles. The number of hydrogen-bond acceptors (Lipinski definition) is 6. The second kappa shape index (κ2) is 9.27. The minimum Gasteiger partial charge on any atom is -0.496 e. The SMILES string of the molecule is COc1c(-c2ccc3cc(OS(=O)(=O)CF)ccc3c2)cc(-n2ccc(=O)[nH]c2=O)cc1C(C)(C)C. The topological polar surface area (TPSA) is 107 Å². The quantitative estimate of drug-likeness (QED) is 0.386. The summed E-state index contributed by atoms with van der Waals surface area (Å²) in [7, 11) is -2.71. The standard InChI is InChI=1S/C26H25FN2O6S/c1-26(2,3)22-14-19(29-10-9-23(30)28-25(29)31)13-21(24(22)34-4)18-6-5-17-12-20(8-7-16(17)11-18)35-36(32,33)15-27/h5-14H,15H2,1-4H3,(H,28,30,31). The van der Waals surface area contributed by atoms with E-state index in [-0.39, 0.29) is 11.2 Å². The van der Waals surface area contributed by atoms with Crippen LogP contribution in [0.3, 0.4) is 0 Å². The van der Waals surface area contributed by atoms with E-state index >= 15 is 0 Å². The first-order valence-electron chi connectivity index (χ1n) is 11.0. The lowest BCUT2D eigenvalue weighted by Crippen LogP contribution is -2.27. The molecule has 0 saturated heterocycles. The van der Waals surface area contributed by atoms with Gasteiger partial charge in [-0.25, -0.2) is 9.18 Å². The average Bonchev–Trinajstić information content (AvgIpc) is 2.82. The van der Waals surface area contributed by atoms with Gasteiger partial charge in [-0.3, -0.25) is 14.3 Å². The minimum absolute atomic E-state index is 0.0138. The average molecular weight is 513 g/mol. The molecule has 0 radical (unpaired) electrons. The molecule has 0 fully saturated rings. The van der Waals surface area contributed by atoms with Crippen LogP contribution in [0.2, 0.25) is 0 Å². The molecule has 0 atom stereocenters. The number of ether oxygens (including phenoxy) is 1. The number of aromatic nitrogens is 2. The van der Waals surface area contributed by atoms with Gasteiger partial charge < -0.3 is 8.92 Å². The first-order valence-corrected chi connectivity index (χ1v) is 12.6. The Morgan fingerprint density at radius 3 is 2.31 bits per heavy atom. The van der Waals surface area contributed by atoms with Crippen molar-refractivity contribution in [3.63, 3.8) is 0 Å². The first-order chi connectivity index (χ1) is 16.9. The Morgan fingerprint density at radius 1 is 0.972 bits per heavy atom. The number of aromatic amines is 1. The van der Waals surface area contributed by atoms with Crippen molar-refractivity contribution in [2.75, 3.05) is 13.1 Å². The van der Waals surface area contributed by atoms with Gasteiger partial charge in [0.15, 0.2) is 0 Å². The third-order valence-electron chi connectivity index (χ3n) is 5.67. The van der Waals surface area contributed by atoms with Gasteiger partial charge in [0.1, 0.15) is 11.5 Å². The lowest BCUT2D eigenvalue weighted by atomic mass is 9.83. The van der Waals surface area contributed by atoms with E-state index in [0.717, 1.165) is 22.1 Å². The summed E-state index contributed by atoms with van der Waals surface area (Å²) in [5.74, 6) is 0.650. The third kappa shape index (κ3) is 5.03. The molecule has 0 bridgehead atoms. The molecule has 4 aromatic rings. The number of benzene rings is 3. The molecular formula is C26H25FN2O6S. The molecule has 4 rings (SSSR count). The summed E-state index contributed by atoms with van der Waals surface area (Å²) in [4.78, 5) is 26.4. The van der Waals surface area contributed by atoms with E-state index in [1.165, 1.54) is 29.0 Å². The highest BCUT2D eigenvalue weighted by Gasteiger charge is 2.24. The van der Waals surface area contributed by atoms with Gasteiger partial charge in [0.05, 0.1) is 12.8 Å². The fourth-order valence-electron chi connectivity index (χ4n) is 3.98. The molecule has 0 spiro atoms. The van der Waals surface area contributed by atoms with Gasteiger partial charge in [-0.15, -0.1) is 0 Å². The van der Waals surface area contributed by atoms with Gasteiger partial charge in [0.25, 0.3) is 5.56 Å². The van der Waals surface area contributed by atoms with Crippen molar-refractivity contribution in [1.82, 2.24) is 9.55 Å². The largest absolute Gasteiger partial charge is 0.496 e. The number of H-pyrrole nitrogens is 1. The summed E-state index contributed by atoms with van der Waals surface area (Å²) >= 11 is 0. The van der Waals surface area contributed by atoms with E-state index < -0.39 is 27.4 Å². The first kappa shape index (κ1) is 25.2. The van der Waals surface area contributed by atoms with Crippen molar-refractivity contribution < 1.29 is 21.7 Å². The van der Waals surface area contributed by atoms with Crippen LogP contribution in [0.25, 0.3) is 27.6 Å². The molecule has 36 heavy (non-hydrogen) atoms. The van der Waals surface area contributed by atoms with Gasteiger partial charge in [-0.05, 0) is 52.1 Å². The molecule has 0 aliphatic carbocycles. The fraction of sp³-hybridized carbons (Fsp3) is 0.231. The molecule has 188 valence electrons. The Bertz CT molecular complexity index is 1680. The van der Waals surface area contributed by atoms with Crippen LogP contribution in [0.15, 0.2) is 70.4 Å². The number of hydrogen-bond donors (Lipinski definition) is 1.